The molecular weight excluding hydrogens is 324 g/mol. The Morgan fingerprint density at radius 1 is 1.15 bits per heavy atom. The summed E-state index contributed by atoms with van der Waals surface area (Å²) >= 11 is 0. The average Bonchev–Trinajstić information content (AvgIpc) is 2.67. The number of hydrogen-bond donors (Lipinski definition) is 2. The van der Waals surface area contributed by atoms with Gasteiger partial charge in [-0.2, -0.15) is 0 Å². The van der Waals surface area contributed by atoms with Gasteiger partial charge in [-0.15, -0.1) is 0 Å². The molecule has 1 fully saturated rings. The molecule has 146 valence electrons. The van der Waals surface area contributed by atoms with Gasteiger partial charge in [0.05, 0.1) is 6.54 Å². The molecule has 1 saturated heterocycles. The number of pyridine rings is 1. The molecule has 0 aromatic carbocycles. The first-order chi connectivity index (χ1) is 12.7. The molecule has 2 heterocycles. The number of hydrogen-bond acceptors (Lipinski definition) is 4. The van der Waals surface area contributed by atoms with Crippen LogP contribution in [0.2, 0.25) is 0 Å². The summed E-state index contributed by atoms with van der Waals surface area (Å²) in [5.74, 6) is 2.67. The third-order valence-corrected chi connectivity index (χ3v) is 5.11. The maximum absolute atomic E-state index is 4.76. The van der Waals surface area contributed by atoms with Crippen molar-refractivity contribution in [2.75, 3.05) is 51.2 Å². The zero-order chi connectivity index (χ0) is 18.8. The fourth-order valence-corrected chi connectivity index (χ4v) is 3.10. The molecule has 1 aliphatic heterocycles. The molecular formula is C20H36N6. The summed E-state index contributed by atoms with van der Waals surface area (Å²) in [4.78, 5) is 14.0. The minimum atomic E-state index is 0.668. The first kappa shape index (κ1) is 20.5. The number of guanidine groups is 1. The van der Waals surface area contributed by atoms with Gasteiger partial charge in [0.15, 0.2) is 5.96 Å². The quantitative estimate of drug-likeness (QED) is 0.550. The van der Waals surface area contributed by atoms with Crippen LogP contribution in [0.15, 0.2) is 23.3 Å². The van der Waals surface area contributed by atoms with Crippen LogP contribution in [-0.4, -0.2) is 62.2 Å². The lowest BCUT2D eigenvalue weighted by molar-refractivity contribution is 0.312. The van der Waals surface area contributed by atoms with Crippen molar-refractivity contribution in [3.05, 3.63) is 23.9 Å². The van der Waals surface area contributed by atoms with Crippen molar-refractivity contribution >= 4 is 11.8 Å². The van der Waals surface area contributed by atoms with Crippen molar-refractivity contribution in [3.8, 4) is 0 Å². The fraction of sp³-hybridized carbons (Fsp3) is 0.700. The molecule has 0 aliphatic carbocycles. The van der Waals surface area contributed by atoms with Crippen LogP contribution in [0.1, 0.15) is 39.2 Å². The Balaban J connectivity index is 1.96. The number of rotatable bonds is 8. The van der Waals surface area contributed by atoms with Crippen LogP contribution in [0.3, 0.4) is 0 Å². The molecule has 0 atom stereocenters. The first-order valence-electron chi connectivity index (χ1n) is 10.1. The second-order valence-electron chi connectivity index (χ2n) is 7.07. The van der Waals surface area contributed by atoms with E-state index >= 15 is 0 Å². The fourth-order valence-electron chi connectivity index (χ4n) is 3.10. The van der Waals surface area contributed by atoms with Crippen LogP contribution in [-0.2, 0) is 6.54 Å². The molecule has 1 aliphatic rings. The summed E-state index contributed by atoms with van der Waals surface area (Å²) in [6.07, 6.45) is 4.30. The van der Waals surface area contributed by atoms with Gasteiger partial charge >= 0.3 is 0 Å². The van der Waals surface area contributed by atoms with E-state index in [1.165, 1.54) is 18.4 Å². The highest BCUT2D eigenvalue weighted by atomic mass is 15.3. The highest BCUT2D eigenvalue weighted by Gasteiger charge is 2.15. The normalized spacial score (nSPS) is 16.2. The van der Waals surface area contributed by atoms with E-state index in [0.717, 1.165) is 51.0 Å². The highest BCUT2D eigenvalue weighted by molar-refractivity contribution is 5.79. The molecule has 26 heavy (non-hydrogen) atoms. The topological polar surface area (TPSA) is 55.8 Å². The van der Waals surface area contributed by atoms with Gasteiger partial charge < -0.3 is 20.4 Å². The molecule has 0 amide bonds. The van der Waals surface area contributed by atoms with Crippen molar-refractivity contribution in [1.29, 1.82) is 0 Å². The Bertz CT molecular complexity index is 547. The van der Waals surface area contributed by atoms with Gasteiger partial charge in [0.25, 0.3) is 0 Å². The first-order valence-corrected chi connectivity index (χ1v) is 10.1. The Morgan fingerprint density at radius 2 is 1.88 bits per heavy atom. The standard InChI is InChI=1S/C20H36N6/c1-5-17(6-2)15-23-20(21-7-3)24-16-18-8-9-22-19(14-18)26-12-10-25(4)11-13-26/h8-9,14,17H,5-7,10-13,15-16H2,1-4H3,(H2,21,23,24). The van der Waals surface area contributed by atoms with Gasteiger partial charge in [-0.1, -0.05) is 26.7 Å². The van der Waals surface area contributed by atoms with Gasteiger partial charge in [-0.05, 0) is 37.6 Å². The molecule has 2 rings (SSSR count). The second kappa shape index (κ2) is 11.0. The predicted molar refractivity (Wildman–Crippen MR) is 111 cm³/mol. The molecule has 0 unspecified atom stereocenters. The van der Waals surface area contributed by atoms with Crippen LogP contribution in [0.25, 0.3) is 0 Å². The van der Waals surface area contributed by atoms with E-state index < -0.39 is 0 Å². The maximum Gasteiger partial charge on any atom is 0.191 e. The summed E-state index contributed by atoms with van der Waals surface area (Å²) in [7, 11) is 2.17. The van der Waals surface area contributed by atoms with Crippen molar-refractivity contribution in [3.63, 3.8) is 0 Å². The van der Waals surface area contributed by atoms with Gasteiger partial charge in [0, 0.05) is 45.5 Å². The molecule has 0 radical (unpaired) electrons. The summed E-state index contributed by atoms with van der Waals surface area (Å²) < 4.78 is 0. The van der Waals surface area contributed by atoms with Crippen LogP contribution in [0.4, 0.5) is 5.82 Å². The van der Waals surface area contributed by atoms with Crippen molar-refractivity contribution in [2.24, 2.45) is 10.9 Å². The molecule has 1 aromatic heterocycles. The van der Waals surface area contributed by atoms with Crippen LogP contribution in [0, 0.1) is 5.92 Å². The Labute approximate surface area is 159 Å². The number of anilines is 1. The van der Waals surface area contributed by atoms with Crippen molar-refractivity contribution in [1.82, 2.24) is 20.5 Å². The highest BCUT2D eigenvalue weighted by Crippen LogP contribution is 2.15. The number of nitrogens with one attached hydrogen (secondary N) is 2. The van der Waals surface area contributed by atoms with Gasteiger partial charge in [0.2, 0.25) is 0 Å². The smallest absolute Gasteiger partial charge is 0.191 e. The number of aromatic nitrogens is 1. The molecule has 1 aromatic rings. The average molecular weight is 361 g/mol. The molecule has 6 heteroatoms. The van der Waals surface area contributed by atoms with E-state index in [2.05, 4.69) is 65.4 Å². The lowest BCUT2D eigenvalue weighted by Crippen LogP contribution is -2.44. The van der Waals surface area contributed by atoms with E-state index in [9.17, 15) is 0 Å². The van der Waals surface area contributed by atoms with Crippen molar-refractivity contribution < 1.29 is 0 Å². The van der Waals surface area contributed by atoms with Gasteiger partial charge in [0.1, 0.15) is 5.82 Å². The minimum Gasteiger partial charge on any atom is -0.357 e. The Hall–Kier alpha value is -1.82. The third kappa shape index (κ3) is 6.48. The van der Waals surface area contributed by atoms with Crippen molar-refractivity contribution in [2.45, 2.75) is 40.2 Å². The number of aliphatic imine (C=N–C) groups is 1. The summed E-state index contributed by atoms with van der Waals surface area (Å²) in [5, 5.41) is 6.83. The summed E-state index contributed by atoms with van der Waals surface area (Å²) in [6, 6.07) is 4.24. The van der Waals surface area contributed by atoms with E-state index in [0.29, 0.717) is 12.5 Å². The Kier molecular flexibility index (Phi) is 8.68. The summed E-state index contributed by atoms with van der Waals surface area (Å²) in [6.45, 7) is 13.4. The van der Waals surface area contributed by atoms with E-state index in [1.54, 1.807) is 0 Å². The maximum atomic E-state index is 4.76. The van der Waals surface area contributed by atoms with Gasteiger partial charge in [-0.3, -0.25) is 0 Å². The lowest BCUT2D eigenvalue weighted by atomic mass is 10.0. The lowest BCUT2D eigenvalue weighted by Gasteiger charge is -2.33. The monoisotopic (exact) mass is 360 g/mol. The van der Waals surface area contributed by atoms with E-state index in [4.69, 9.17) is 4.99 Å². The molecule has 6 nitrogen and oxygen atoms in total. The van der Waals surface area contributed by atoms with Crippen LogP contribution < -0.4 is 15.5 Å². The molecule has 0 saturated carbocycles. The third-order valence-electron chi connectivity index (χ3n) is 5.11. The van der Waals surface area contributed by atoms with Crippen LogP contribution in [0.5, 0.6) is 0 Å². The predicted octanol–water partition coefficient (Wildman–Crippen LogP) is 2.32. The van der Waals surface area contributed by atoms with Gasteiger partial charge in [-0.25, -0.2) is 9.98 Å². The molecule has 2 N–H and O–H groups in total. The minimum absolute atomic E-state index is 0.668. The second-order valence-corrected chi connectivity index (χ2v) is 7.07. The number of piperazine rings is 1. The van der Waals surface area contributed by atoms with E-state index in [1.807, 2.05) is 6.20 Å². The molecule has 0 bridgehead atoms. The largest absolute Gasteiger partial charge is 0.357 e. The molecule has 0 spiro atoms. The number of likely N-dealkylation sites (N-methyl/N-ethyl adjacent to an activating group) is 1. The SMILES string of the molecule is CCNC(=NCc1ccnc(N2CCN(C)CC2)c1)NCC(CC)CC. The zero-order valence-electron chi connectivity index (χ0n) is 17.0. The van der Waals surface area contributed by atoms with E-state index in [-0.39, 0.29) is 0 Å². The zero-order valence-corrected chi connectivity index (χ0v) is 17.0. The summed E-state index contributed by atoms with van der Waals surface area (Å²) in [5.41, 5.74) is 1.20. The Morgan fingerprint density at radius 3 is 2.54 bits per heavy atom. The number of nitrogens with zero attached hydrogens (tertiary/aromatic N) is 4. The van der Waals surface area contributed by atoms with Crippen LogP contribution >= 0.6 is 0 Å².